The topological polar surface area (TPSA) is 94.0 Å². The molecule has 0 unspecified atom stereocenters. The number of alkyl halides is 3. The van der Waals surface area contributed by atoms with E-state index in [-0.39, 0.29) is 5.65 Å². The molecule has 0 aromatic carbocycles. The molecule has 0 spiro atoms. The summed E-state index contributed by atoms with van der Waals surface area (Å²) in [6.45, 7) is 0.451. The monoisotopic (exact) mass is 399 g/mol. The number of hydrogen-bond donors (Lipinski definition) is 1. The highest BCUT2D eigenvalue weighted by atomic mass is 32.2. The standard InChI is InChI=1S/C13H8F3N7OS2/c14-13(15,16)10-19-18-8-3-4-9(22-23(8)10)25-12-21-20-11(26-12)17-6-7-2-1-5-24-7/h1-5H,6H2,(H,17,20). The predicted octanol–water partition coefficient (Wildman–Crippen LogP) is 3.35. The molecule has 26 heavy (non-hydrogen) atoms. The summed E-state index contributed by atoms with van der Waals surface area (Å²) < 4.78 is 45.1. The van der Waals surface area contributed by atoms with Crippen LogP contribution in [-0.2, 0) is 12.7 Å². The third-order valence-corrected chi connectivity index (χ3v) is 4.94. The minimum absolute atomic E-state index is 0.0137. The second-order valence-electron chi connectivity index (χ2n) is 4.87. The Morgan fingerprint density at radius 3 is 2.81 bits per heavy atom. The fourth-order valence-electron chi connectivity index (χ4n) is 1.99. The van der Waals surface area contributed by atoms with Crippen LogP contribution in [0.5, 0.6) is 0 Å². The number of aromatic nitrogens is 6. The summed E-state index contributed by atoms with van der Waals surface area (Å²) in [5, 5.41) is 22.4. The average Bonchev–Trinajstić information content (AvgIpc) is 3.32. The molecule has 4 aromatic rings. The first-order valence-corrected chi connectivity index (χ1v) is 8.69. The number of rotatable bonds is 5. The maximum Gasteiger partial charge on any atom is 0.453 e. The zero-order valence-corrected chi connectivity index (χ0v) is 14.3. The Balaban J connectivity index is 1.50. The van der Waals surface area contributed by atoms with Gasteiger partial charge < -0.3 is 9.73 Å². The lowest BCUT2D eigenvalue weighted by Gasteiger charge is -2.03. The molecule has 8 nitrogen and oxygen atoms in total. The van der Waals surface area contributed by atoms with Gasteiger partial charge in [0.1, 0.15) is 10.8 Å². The highest BCUT2D eigenvalue weighted by Gasteiger charge is 2.37. The Morgan fingerprint density at radius 1 is 1.15 bits per heavy atom. The fraction of sp³-hybridized carbons (Fsp3) is 0.154. The molecule has 0 saturated heterocycles. The lowest BCUT2D eigenvalue weighted by Crippen LogP contribution is -2.12. The summed E-state index contributed by atoms with van der Waals surface area (Å²) >= 11 is 2.35. The van der Waals surface area contributed by atoms with E-state index in [9.17, 15) is 13.2 Å². The van der Waals surface area contributed by atoms with Crippen LogP contribution >= 0.6 is 23.1 Å². The number of fused-ring (bicyclic) bond motifs is 1. The molecule has 4 aromatic heterocycles. The highest BCUT2D eigenvalue weighted by molar-refractivity contribution is 8.01. The van der Waals surface area contributed by atoms with E-state index in [1.165, 1.54) is 17.4 Å². The van der Waals surface area contributed by atoms with Gasteiger partial charge in [0.05, 0.1) is 12.8 Å². The van der Waals surface area contributed by atoms with Crippen molar-refractivity contribution in [2.45, 2.75) is 22.1 Å². The maximum absolute atomic E-state index is 12.9. The second-order valence-corrected chi connectivity index (χ2v) is 7.12. The lowest BCUT2D eigenvalue weighted by atomic mass is 10.4. The van der Waals surface area contributed by atoms with Crippen molar-refractivity contribution < 1.29 is 17.6 Å². The van der Waals surface area contributed by atoms with E-state index in [1.807, 2.05) is 6.07 Å². The first kappa shape index (κ1) is 16.8. The molecule has 0 aliphatic carbocycles. The van der Waals surface area contributed by atoms with Crippen molar-refractivity contribution >= 4 is 33.9 Å². The second kappa shape index (κ2) is 6.57. The number of nitrogens with one attached hydrogen (secondary N) is 1. The molecule has 0 saturated carbocycles. The first-order valence-electron chi connectivity index (χ1n) is 7.06. The van der Waals surface area contributed by atoms with Crippen LogP contribution in [0, 0.1) is 0 Å². The smallest absolute Gasteiger partial charge is 0.453 e. The van der Waals surface area contributed by atoms with E-state index < -0.39 is 12.0 Å². The van der Waals surface area contributed by atoms with Crippen molar-refractivity contribution in [2.24, 2.45) is 0 Å². The Hall–Kier alpha value is -2.67. The van der Waals surface area contributed by atoms with Crippen molar-refractivity contribution in [1.29, 1.82) is 0 Å². The quantitative estimate of drug-likeness (QED) is 0.546. The molecule has 0 aliphatic rings. The van der Waals surface area contributed by atoms with Gasteiger partial charge in [0.2, 0.25) is 5.13 Å². The molecule has 13 heteroatoms. The van der Waals surface area contributed by atoms with Gasteiger partial charge in [0, 0.05) is 0 Å². The number of halogens is 3. The van der Waals surface area contributed by atoms with Crippen LogP contribution in [0.1, 0.15) is 11.6 Å². The molecule has 1 N–H and O–H groups in total. The average molecular weight is 399 g/mol. The molecule has 134 valence electrons. The van der Waals surface area contributed by atoms with E-state index in [2.05, 4.69) is 30.8 Å². The third kappa shape index (κ3) is 3.48. The van der Waals surface area contributed by atoms with E-state index in [0.29, 0.717) is 25.6 Å². The van der Waals surface area contributed by atoms with Crippen LogP contribution in [-0.4, -0.2) is 30.0 Å². The van der Waals surface area contributed by atoms with E-state index in [0.717, 1.165) is 17.5 Å². The van der Waals surface area contributed by atoms with Crippen LogP contribution in [0.4, 0.5) is 18.3 Å². The number of nitrogens with zero attached hydrogens (tertiary/aromatic N) is 6. The van der Waals surface area contributed by atoms with Crippen molar-refractivity contribution in [2.75, 3.05) is 5.32 Å². The molecule has 0 atom stereocenters. The minimum atomic E-state index is -4.64. The largest absolute Gasteiger partial charge is 0.467 e. The molecule has 0 bridgehead atoms. The van der Waals surface area contributed by atoms with Crippen LogP contribution in [0.3, 0.4) is 0 Å². The number of anilines is 1. The Kier molecular flexibility index (Phi) is 4.24. The molecular weight excluding hydrogens is 391 g/mol. The van der Waals surface area contributed by atoms with Crippen LogP contribution < -0.4 is 5.32 Å². The van der Waals surface area contributed by atoms with Gasteiger partial charge in [0.15, 0.2) is 9.99 Å². The first-order chi connectivity index (χ1) is 12.5. The Labute approximate surface area is 151 Å². The van der Waals surface area contributed by atoms with Gasteiger partial charge in [-0.2, -0.15) is 22.8 Å². The number of hydrogen-bond acceptors (Lipinski definition) is 9. The normalized spacial score (nSPS) is 12.0. The number of furan rings is 1. The van der Waals surface area contributed by atoms with Crippen molar-refractivity contribution in [3.63, 3.8) is 0 Å². The van der Waals surface area contributed by atoms with E-state index in [1.54, 1.807) is 18.4 Å². The van der Waals surface area contributed by atoms with Gasteiger partial charge in [-0.1, -0.05) is 11.3 Å². The summed E-state index contributed by atoms with van der Waals surface area (Å²) in [7, 11) is 0. The lowest BCUT2D eigenvalue weighted by molar-refractivity contribution is -0.146. The minimum Gasteiger partial charge on any atom is -0.467 e. The van der Waals surface area contributed by atoms with Gasteiger partial charge in [-0.3, -0.25) is 0 Å². The van der Waals surface area contributed by atoms with Crippen LogP contribution in [0.25, 0.3) is 5.65 Å². The maximum atomic E-state index is 12.9. The van der Waals surface area contributed by atoms with Gasteiger partial charge in [-0.25, -0.2) is 0 Å². The Morgan fingerprint density at radius 2 is 2.04 bits per heavy atom. The molecule has 0 fully saturated rings. The molecule has 0 aliphatic heterocycles. The zero-order valence-electron chi connectivity index (χ0n) is 12.6. The van der Waals surface area contributed by atoms with E-state index in [4.69, 9.17) is 4.42 Å². The van der Waals surface area contributed by atoms with Gasteiger partial charge >= 0.3 is 6.18 Å². The predicted molar refractivity (Wildman–Crippen MR) is 85.9 cm³/mol. The van der Waals surface area contributed by atoms with Crippen LogP contribution in [0.2, 0.25) is 0 Å². The molecule has 4 rings (SSSR count). The summed E-state index contributed by atoms with van der Waals surface area (Å²) in [4.78, 5) is 0. The SMILES string of the molecule is FC(F)(F)c1nnc2ccc(Sc3nnc(NCc4ccco4)s3)nn12. The summed E-state index contributed by atoms with van der Waals surface area (Å²) in [6.07, 6.45) is -3.07. The fourth-order valence-corrected chi connectivity index (χ4v) is 3.64. The molecule has 4 heterocycles. The van der Waals surface area contributed by atoms with Crippen LogP contribution in [0.15, 0.2) is 44.3 Å². The molecule has 0 amide bonds. The third-order valence-electron chi connectivity index (χ3n) is 3.08. The van der Waals surface area contributed by atoms with Crippen molar-refractivity contribution in [1.82, 2.24) is 30.0 Å². The van der Waals surface area contributed by atoms with Crippen molar-refractivity contribution in [3.05, 3.63) is 42.1 Å². The van der Waals surface area contributed by atoms with E-state index >= 15 is 0 Å². The van der Waals surface area contributed by atoms with Gasteiger partial charge in [0.25, 0.3) is 5.82 Å². The highest BCUT2D eigenvalue weighted by Crippen LogP contribution is 2.32. The Bertz CT molecular complexity index is 1030. The molecule has 0 radical (unpaired) electrons. The summed E-state index contributed by atoms with van der Waals surface area (Å²) in [5.74, 6) is -0.429. The van der Waals surface area contributed by atoms with Crippen molar-refractivity contribution in [3.8, 4) is 0 Å². The van der Waals surface area contributed by atoms with Gasteiger partial charge in [-0.05, 0) is 36.0 Å². The molecular formula is C13H8F3N7OS2. The zero-order chi connectivity index (χ0) is 18.1. The van der Waals surface area contributed by atoms with Gasteiger partial charge in [-0.15, -0.1) is 20.4 Å². The summed E-state index contributed by atoms with van der Waals surface area (Å²) in [6, 6.07) is 6.56. The summed E-state index contributed by atoms with van der Waals surface area (Å²) in [5.41, 5.74) is 0.0137.